The van der Waals surface area contributed by atoms with Crippen molar-refractivity contribution in [3.05, 3.63) is 124 Å². The van der Waals surface area contributed by atoms with Crippen LogP contribution in [0.15, 0.2) is 91.0 Å². The lowest BCUT2D eigenvalue weighted by Crippen LogP contribution is -2.42. The van der Waals surface area contributed by atoms with Crippen LogP contribution in [0.5, 0.6) is 0 Å². The number of carbonyl (C=O) groups is 6. The second kappa shape index (κ2) is 28.8. The van der Waals surface area contributed by atoms with Crippen LogP contribution in [0.2, 0.25) is 0 Å². The molecule has 6 amide bonds. The lowest BCUT2D eigenvalue weighted by atomic mass is 9.93. The predicted octanol–water partition coefficient (Wildman–Crippen LogP) is 4.58. The van der Waals surface area contributed by atoms with Gasteiger partial charge in [0.25, 0.3) is 35.4 Å². The molecule has 428 valence electrons. The number of hydrogen-bond acceptors (Lipinski definition) is 19. The van der Waals surface area contributed by atoms with Gasteiger partial charge in [0.1, 0.15) is 6.73 Å². The number of nitrogens with one attached hydrogen (secondary N) is 3. The number of amides is 6. The number of benzene rings is 6. The van der Waals surface area contributed by atoms with Gasteiger partial charge in [0, 0.05) is 109 Å². The van der Waals surface area contributed by atoms with Crippen molar-refractivity contribution >= 4 is 84.8 Å². The number of hydrogen-bond donors (Lipinski definition) is 5. The lowest BCUT2D eigenvalue weighted by molar-refractivity contribution is 0.0264. The predicted molar refractivity (Wildman–Crippen MR) is 303 cm³/mol. The molecule has 0 saturated carbocycles. The molecule has 0 aliphatic carbocycles. The number of nitrogens with two attached hydrogens (primary N) is 2. The van der Waals surface area contributed by atoms with E-state index in [4.69, 9.17) is 49.4 Å². The van der Waals surface area contributed by atoms with Crippen LogP contribution in [0.4, 0.5) is 17.1 Å². The van der Waals surface area contributed by atoms with Gasteiger partial charge in [-0.3, -0.25) is 43.5 Å². The molecule has 22 nitrogen and oxygen atoms in total. The fourth-order valence-corrected chi connectivity index (χ4v) is 10.0. The molecule has 3 heterocycles. The van der Waals surface area contributed by atoms with Crippen molar-refractivity contribution in [1.82, 2.24) is 14.7 Å². The molecule has 0 saturated heterocycles. The molecule has 0 fully saturated rings. The molecule has 7 N–H and O–H groups in total. The number of carbonyl (C=O) groups excluding carboxylic acids is 6. The molecular formula is C59H68N8O14. The van der Waals surface area contributed by atoms with E-state index in [9.17, 15) is 28.8 Å². The van der Waals surface area contributed by atoms with Crippen LogP contribution in [0.1, 0.15) is 62.1 Å². The van der Waals surface area contributed by atoms with Gasteiger partial charge < -0.3 is 65.3 Å². The van der Waals surface area contributed by atoms with Gasteiger partial charge in [-0.25, -0.2) is 0 Å². The summed E-state index contributed by atoms with van der Waals surface area (Å²) in [6.45, 7) is 6.84. The quantitative estimate of drug-likeness (QED) is 0.0205. The van der Waals surface area contributed by atoms with E-state index < -0.39 is 23.6 Å². The molecule has 81 heavy (non-hydrogen) atoms. The lowest BCUT2D eigenvalue weighted by Gasteiger charge is -2.28. The van der Waals surface area contributed by atoms with E-state index in [1.165, 1.54) is 14.7 Å². The van der Waals surface area contributed by atoms with Crippen LogP contribution in [0.25, 0.3) is 32.3 Å². The molecule has 6 aromatic carbocycles. The van der Waals surface area contributed by atoms with E-state index in [0.29, 0.717) is 142 Å². The summed E-state index contributed by atoms with van der Waals surface area (Å²) in [5, 5.41) is 14.0. The summed E-state index contributed by atoms with van der Waals surface area (Å²) in [7, 11) is 0. The molecule has 0 unspecified atom stereocenters. The van der Waals surface area contributed by atoms with Crippen molar-refractivity contribution in [2.75, 3.05) is 168 Å². The molecule has 9 rings (SSSR count). The second-order valence-corrected chi connectivity index (χ2v) is 18.9. The fourth-order valence-electron chi connectivity index (χ4n) is 10.0. The van der Waals surface area contributed by atoms with Crippen LogP contribution < -0.4 is 27.4 Å². The first-order valence-electron chi connectivity index (χ1n) is 27.2. The topological polar surface area (TPSA) is 274 Å². The van der Waals surface area contributed by atoms with Crippen LogP contribution in [0, 0.1) is 0 Å². The second-order valence-electron chi connectivity index (χ2n) is 18.9. The van der Waals surface area contributed by atoms with Crippen molar-refractivity contribution in [3.63, 3.8) is 0 Å². The number of ether oxygens (including phenoxy) is 8. The van der Waals surface area contributed by atoms with Crippen LogP contribution in [-0.4, -0.2) is 202 Å². The number of imide groups is 3. The summed E-state index contributed by atoms with van der Waals surface area (Å²) < 4.78 is 45.0. The molecule has 0 bridgehead atoms. The average molecular weight is 1110 g/mol. The molecule has 3 aliphatic heterocycles. The first-order valence-corrected chi connectivity index (χ1v) is 27.2. The summed E-state index contributed by atoms with van der Waals surface area (Å²) in [6, 6.07) is 26.8. The number of anilines is 3. The van der Waals surface area contributed by atoms with Gasteiger partial charge in [0.15, 0.2) is 0 Å². The fraction of sp³-hybridized carbons (Fsp3) is 0.390. The van der Waals surface area contributed by atoms with E-state index in [1.54, 1.807) is 54.6 Å². The van der Waals surface area contributed by atoms with Gasteiger partial charge in [0.05, 0.1) is 119 Å². The minimum Gasteiger partial charge on any atom is -0.382 e. The Labute approximate surface area is 468 Å². The molecular weight excluding hydrogens is 1040 g/mol. The normalized spacial score (nSPS) is 13.9. The third-order valence-electron chi connectivity index (χ3n) is 13.9. The first kappa shape index (κ1) is 58.2. The summed E-state index contributed by atoms with van der Waals surface area (Å²) in [5.74, 6) is -2.36. The van der Waals surface area contributed by atoms with Crippen LogP contribution in [0.3, 0.4) is 0 Å². The summed E-state index contributed by atoms with van der Waals surface area (Å²) in [6.07, 6.45) is 0. The van der Waals surface area contributed by atoms with E-state index in [-0.39, 0.29) is 71.2 Å². The van der Waals surface area contributed by atoms with Crippen molar-refractivity contribution in [3.8, 4) is 0 Å². The van der Waals surface area contributed by atoms with E-state index in [2.05, 4.69) is 16.0 Å². The molecule has 3 aliphatic rings. The van der Waals surface area contributed by atoms with Gasteiger partial charge in [-0.2, -0.15) is 0 Å². The van der Waals surface area contributed by atoms with Gasteiger partial charge in [-0.1, -0.05) is 36.4 Å². The van der Waals surface area contributed by atoms with Gasteiger partial charge >= 0.3 is 0 Å². The standard InChI is InChI=1S/C59H68N8O14/c60-16-23-74-30-33-78-27-20-65-54(68)42-7-1-4-39-48(13-10-45(51(39)42)57(65)71)62-18-25-76-31-32-77-26-19-63-49-14-11-46-52-40(49)5-2-8-43(52)55(69)66(58(46)72)21-28-79-34-35-80-29-22-67-56(70)44-9-3-6-41-50(15-12-47(53(41)44)59(67)73)64-38-81-37-36-75-24-17-61/h1-15,62-64H,16-38,60-61H2. The monoisotopic (exact) mass is 1110 g/mol. The molecule has 0 atom stereocenters. The zero-order valence-corrected chi connectivity index (χ0v) is 45.1. The van der Waals surface area contributed by atoms with E-state index in [1.807, 2.05) is 36.4 Å². The Kier molecular flexibility index (Phi) is 20.7. The Morgan fingerprint density at radius 1 is 0.309 bits per heavy atom. The smallest absolute Gasteiger partial charge is 0.261 e. The Hall–Kier alpha value is -7.48. The third-order valence-corrected chi connectivity index (χ3v) is 13.9. The summed E-state index contributed by atoms with van der Waals surface area (Å²) in [4.78, 5) is 85.0. The highest BCUT2D eigenvalue weighted by molar-refractivity contribution is 6.29. The van der Waals surface area contributed by atoms with Gasteiger partial charge in [0.2, 0.25) is 0 Å². The number of nitrogens with zero attached hydrogens (tertiary/aromatic N) is 3. The summed E-state index contributed by atoms with van der Waals surface area (Å²) >= 11 is 0. The van der Waals surface area contributed by atoms with Crippen molar-refractivity contribution in [2.45, 2.75) is 0 Å². The molecule has 0 radical (unpaired) electrons. The Balaban J connectivity index is 0.651. The third kappa shape index (κ3) is 13.5. The Morgan fingerprint density at radius 3 is 0.926 bits per heavy atom. The zero-order chi connectivity index (χ0) is 56.5. The summed E-state index contributed by atoms with van der Waals surface area (Å²) in [5.41, 5.74) is 15.8. The highest BCUT2D eigenvalue weighted by Crippen LogP contribution is 2.37. The van der Waals surface area contributed by atoms with Crippen LogP contribution in [-0.2, 0) is 37.9 Å². The minimum atomic E-state index is -0.413. The molecule has 0 spiro atoms. The van der Waals surface area contributed by atoms with Gasteiger partial charge in [-0.05, 0) is 54.6 Å². The zero-order valence-electron chi connectivity index (χ0n) is 45.1. The molecule has 0 aromatic heterocycles. The van der Waals surface area contributed by atoms with Crippen molar-refractivity contribution in [1.29, 1.82) is 0 Å². The number of rotatable bonds is 36. The largest absolute Gasteiger partial charge is 0.382 e. The van der Waals surface area contributed by atoms with Gasteiger partial charge in [-0.15, -0.1) is 0 Å². The first-order chi connectivity index (χ1) is 39.7. The maximum atomic E-state index is 13.7. The van der Waals surface area contributed by atoms with E-state index in [0.717, 1.165) is 33.2 Å². The van der Waals surface area contributed by atoms with Crippen molar-refractivity contribution in [2.24, 2.45) is 11.5 Å². The highest BCUT2D eigenvalue weighted by Gasteiger charge is 2.36. The Morgan fingerprint density at radius 2 is 0.593 bits per heavy atom. The van der Waals surface area contributed by atoms with Crippen LogP contribution >= 0.6 is 0 Å². The Bertz CT molecular complexity index is 3180. The van der Waals surface area contributed by atoms with E-state index >= 15 is 0 Å². The maximum Gasteiger partial charge on any atom is 0.261 e. The maximum absolute atomic E-state index is 13.7. The highest BCUT2D eigenvalue weighted by atomic mass is 16.5. The molecule has 6 aromatic rings. The average Bonchev–Trinajstić information content (AvgIpc) is 3.36. The SMILES string of the molecule is NCCOCCOCCN1C(=O)c2cccc3c(NCCOCCOCCNc4ccc5c6c(cccc46)C(=O)N(CCOCCOCCN4C(=O)c6cccc7c(NCOCCOCCN)ccc(c67)C4=O)C5=O)ccc(c23)C1=O. The van der Waals surface area contributed by atoms with Crippen molar-refractivity contribution < 1.29 is 66.7 Å². The minimum absolute atomic E-state index is 0.0323. The molecule has 22 heteroatoms.